The van der Waals surface area contributed by atoms with Crippen LogP contribution in [0, 0.1) is 27.7 Å². The Labute approximate surface area is 150 Å². The zero-order valence-corrected chi connectivity index (χ0v) is 16.0. The number of amides is 1. The fourth-order valence-electron chi connectivity index (χ4n) is 2.67. The second-order valence-electron chi connectivity index (χ2n) is 6.04. The summed E-state index contributed by atoms with van der Waals surface area (Å²) >= 11 is 1.36. The summed E-state index contributed by atoms with van der Waals surface area (Å²) in [4.78, 5) is 17.0. The zero-order chi connectivity index (χ0) is 18.3. The fraction of sp³-hybridized carbons (Fsp3) is 0.438. The van der Waals surface area contributed by atoms with Crippen LogP contribution >= 0.6 is 11.8 Å². The molecule has 8 nitrogen and oxygen atoms in total. The monoisotopic (exact) mass is 359 g/mol. The summed E-state index contributed by atoms with van der Waals surface area (Å²) < 4.78 is 3.62. The molecule has 132 valence electrons. The van der Waals surface area contributed by atoms with Gasteiger partial charge in [-0.05, 0) is 34.6 Å². The first-order valence-electron chi connectivity index (χ1n) is 7.95. The number of aryl methyl sites for hydroxylation is 4. The van der Waals surface area contributed by atoms with Crippen LogP contribution in [0.25, 0.3) is 5.65 Å². The van der Waals surface area contributed by atoms with Crippen molar-refractivity contribution in [3.05, 3.63) is 29.0 Å². The molecule has 1 unspecified atom stereocenters. The largest absolute Gasteiger partial charge is 0.322 e. The van der Waals surface area contributed by atoms with Gasteiger partial charge in [0.05, 0.1) is 22.3 Å². The van der Waals surface area contributed by atoms with Gasteiger partial charge in [-0.3, -0.25) is 13.9 Å². The lowest BCUT2D eigenvalue weighted by atomic mass is 10.3. The summed E-state index contributed by atoms with van der Waals surface area (Å²) in [6.45, 7) is 9.48. The molecule has 3 heterocycles. The minimum Gasteiger partial charge on any atom is -0.322 e. The van der Waals surface area contributed by atoms with Gasteiger partial charge in [0, 0.05) is 18.8 Å². The third-order valence-electron chi connectivity index (χ3n) is 4.07. The number of rotatable bonds is 4. The molecule has 0 aromatic carbocycles. The van der Waals surface area contributed by atoms with E-state index in [0.29, 0.717) is 5.16 Å². The Hall–Kier alpha value is -2.42. The highest BCUT2D eigenvalue weighted by Gasteiger charge is 2.21. The van der Waals surface area contributed by atoms with E-state index in [4.69, 9.17) is 0 Å². The van der Waals surface area contributed by atoms with Gasteiger partial charge in [0.2, 0.25) is 5.91 Å². The second-order valence-corrected chi connectivity index (χ2v) is 7.35. The number of nitrogens with zero attached hydrogens (tertiary/aromatic N) is 6. The van der Waals surface area contributed by atoms with Crippen molar-refractivity contribution in [1.82, 2.24) is 29.4 Å². The van der Waals surface area contributed by atoms with Crippen LogP contribution in [0.5, 0.6) is 0 Å². The number of nitrogens with one attached hydrogen (secondary N) is 1. The average molecular weight is 359 g/mol. The Morgan fingerprint density at radius 1 is 1.24 bits per heavy atom. The number of hydrogen-bond donors (Lipinski definition) is 1. The topological polar surface area (TPSA) is 90.0 Å². The minimum absolute atomic E-state index is 0.0985. The maximum atomic E-state index is 12.6. The van der Waals surface area contributed by atoms with Gasteiger partial charge in [-0.2, -0.15) is 5.10 Å². The summed E-state index contributed by atoms with van der Waals surface area (Å²) in [6, 6.07) is 1.87. The highest BCUT2D eigenvalue weighted by molar-refractivity contribution is 8.00. The lowest BCUT2D eigenvalue weighted by Gasteiger charge is -2.12. The van der Waals surface area contributed by atoms with Crippen molar-refractivity contribution >= 4 is 29.0 Å². The summed E-state index contributed by atoms with van der Waals surface area (Å²) in [7, 11) is 1.86. The standard InChI is InChI=1S/C16H21N7OS/c1-8-7-13-19-20-16(23(13)12(5)17-8)25-11(4)15(24)18-14-9(2)21-22(6)10(14)3/h7,11H,1-6H3,(H,18,24). The summed E-state index contributed by atoms with van der Waals surface area (Å²) in [5.74, 6) is 0.702. The molecule has 0 bridgehead atoms. The van der Waals surface area contributed by atoms with E-state index in [1.807, 2.05) is 52.1 Å². The molecule has 25 heavy (non-hydrogen) atoms. The Balaban J connectivity index is 1.80. The Morgan fingerprint density at radius 3 is 2.60 bits per heavy atom. The van der Waals surface area contributed by atoms with E-state index in [-0.39, 0.29) is 11.2 Å². The van der Waals surface area contributed by atoms with Crippen LogP contribution in [0.3, 0.4) is 0 Å². The fourth-order valence-corrected chi connectivity index (χ4v) is 3.57. The van der Waals surface area contributed by atoms with Crippen molar-refractivity contribution in [3.8, 4) is 0 Å². The first-order chi connectivity index (χ1) is 11.8. The molecule has 0 spiro atoms. The second kappa shape index (κ2) is 6.47. The summed E-state index contributed by atoms with van der Waals surface area (Å²) in [5, 5.41) is 16.0. The zero-order valence-electron chi connectivity index (χ0n) is 15.2. The summed E-state index contributed by atoms with van der Waals surface area (Å²) in [5.41, 5.74) is 4.11. The van der Waals surface area contributed by atoms with Crippen LogP contribution in [0.2, 0.25) is 0 Å². The van der Waals surface area contributed by atoms with Gasteiger partial charge in [-0.15, -0.1) is 10.2 Å². The molecular formula is C16H21N7OS. The molecule has 0 aliphatic heterocycles. The molecule has 0 fully saturated rings. The van der Waals surface area contributed by atoms with E-state index in [1.54, 1.807) is 4.68 Å². The molecule has 1 N–H and O–H groups in total. The van der Waals surface area contributed by atoms with E-state index >= 15 is 0 Å². The third kappa shape index (κ3) is 3.23. The van der Waals surface area contributed by atoms with Crippen LogP contribution < -0.4 is 5.32 Å². The van der Waals surface area contributed by atoms with Crippen molar-refractivity contribution in [2.75, 3.05) is 5.32 Å². The Bertz CT molecular complexity index is 959. The van der Waals surface area contributed by atoms with E-state index in [1.165, 1.54) is 11.8 Å². The molecular weight excluding hydrogens is 338 g/mol. The Kier molecular flexibility index (Phi) is 4.51. The average Bonchev–Trinajstić information content (AvgIpc) is 3.03. The minimum atomic E-state index is -0.341. The molecule has 3 aromatic rings. The lowest BCUT2D eigenvalue weighted by Crippen LogP contribution is -2.23. The molecule has 1 atom stereocenters. The van der Waals surface area contributed by atoms with Crippen LogP contribution in [-0.2, 0) is 11.8 Å². The number of fused-ring (bicyclic) bond motifs is 1. The normalized spacial score (nSPS) is 12.6. The molecule has 3 rings (SSSR count). The van der Waals surface area contributed by atoms with Crippen molar-refractivity contribution in [2.24, 2.45) is 7.05 Å². The molecule has 1 amide bonds. The molecule has 0 aliphatic carbocycles. The SMILES string of the molecule is Cc1cc2nnc(SC(C)C(=O)Nc3c(C)nn(C)c3C)n2c(C)n1. The van der Waals surface area contributed by atoms with Gasteiger partial charge >= 0.3 is 0 Å². The molecule has 0 radical (unpaired) electrons. The van der Waals surface area contributed by atoms with Gasteiger partial charge in [-0.1, -0.05) is 11.8 Å². The molecule has 0 aliphatic rings. The van der Waals surface area contributed by atoms with Crippen molar-refractivity contribution in [3.63, 3.8) is 0 Å². The quantitative estimate of drug-likeness (QED) is 0.718. The van der Waals surface area contributed by atoms with E-state index in [2.05, 4.69) is 25.6 Å². The van der Waals surface area contributed by atoms with E-state index in [9.17, 15) is 4.79 Å². The van der Waals surface area contributed by atoms with Crippen LogP contribution in [0.1, 0.15) is 29.8 Å². The maximum absolute atomic E-state index is 12.6. The van der Waals surface area contributed by atoms with Gasteiger partial charge in [0.1, 0.15) is 5.82 Å². The van der Waals surface area contributed by atoms with Crippen molar-refractivity contribution in [1.29, 1.82) is 0 Å². The van der Waals surface area contributed by atoms with Crippen LogP contribution in [0.15, 0.2) is 11.2 Å². The first-order valence-corrected chi connectivity index (χ1v) is 8.83. The predicted octanol–water partition coefficient (Wildman–Crippen LogP) is 2.21. The maximum Gasteiger partial charge on any atom is 0.237 e. The Morgan fingerprint density at radius 2 is 1.96 bits per heavy atom. The van der Waals surface area contributed by atoms with Gasteiger partial charge in [0.25, 0.3) is 0 Å². The number of anilines is 1. The van der Waals surface area contributed by atoms with E-state index < -0.39 is 0 Å². The van der Waals surface area contributed by atoms with Crippen LogP contribution in [-0.4, -0.2) is 40.5 Å². The van der Waals surface area contributed by atoms with Gasteiger partial charge in [-0.25, -0.2) is 4.98 Å². The van der Waals surface area contributed by atoms with Gasteiger partial charge in [0.15, 0.2) is 10.8 Å². The number of carbonyl (C=O) groups is 1. The number of thioether (sulfide) groups is 1. The highest BCUT2D eigenvalue weighted by Crippen LogP contribution is 2.25. The first kappa shape index (κ1) is 17.4. The molecule has 0 saturated heterocycles. The molecule has 9 heteroatoms. The number of hydrogen-bond acceptors (Lipinski definition) is 6. The van der Waals surface area contributed by atoms with Gasteiger partial charge < -0.3 is 5.32 Å². The van der Waals surface area contributed by atoms with E-state index in [0.717, 1.165) is 34.2 Å². The van der Waals surface area contributed by atoms with Crippen LogP contribution in [0.4, 0.5) is 5.69 Å². The number of carbonyl (C=O) groups excluding carboxylic acids is 1. The molecule has 3 aromatic heterocycles. The smallest absolute Gasteiger partial charge is 0.237 e. The summed E-state index contributed by atoms with van der Waals surface area (Å²) in [6.07, 6.45) is 0. The van der Waals surface area contributed by atoms with Crippen molar-refractivity contribution < 1.29 is 4.79 Å². The third-order valence-corrected chi connectivity index (χ3v) is 5.11. The highest BCUT2D eigenvalue weighted by atomic mass is 32.2. The lowest BCUT2D eigenvalue weighted by molar-refractivity contribution is -0.115. The molecule has 0 saturated carbocycles. The number of aromatic nitrogens is 6. The van der Waals surface area contributed by atoms with Crippen molar-refractivity contribution in [2.45, 2.75) is 45.0 Å². The predicted molar refractivity (Wildman–Crippen MR) is 96.9 cm³/mol.